The Kier molecular flexibility index (Phi) is 4.29. The smallest absolute Gasteiger partial charge is 0.331 e. The number of hydrogen-bond acceptors (Lipinski definition) is 6. The summed E-state index contributed by atoms with van der Waals surface area (Å²) in [5, 5.41) is 8.23. The molecule has 1 amide bonds. The van der Waals surface area contributed by atoms with Crippen LogP contribution in [-0.4, -0.2) is 48.4 Å². The summed E-state index contributed by atoms with van der Waals surface area (Å²) in [6.45, 7) is 2.97. The SMILES string of the molecule is COCc1nnc2n1[C@@H](C)CN(C(=O)c1cc(=O)n(C)c(=O)n1C)C2. The summed E-state index contributed by atoms with van der Waals surface area (Å²) >= 11 is 0. The number of fused-ring (bicyclic) bond motifs is 1. The molecule has 0 N–H and O–H groups in total. The highest BCUT2D eigenvalue weighted by Gasteiger charge is 2.30. The van der Waals surface area contributed by atoms with Crippen LogP contribution in [0.1, 0.15) is 35.1 Å². The average Bonchev–Trinajstić information content (AvgIpc) is 2.99. The molecular weight excluding hydrogens is 328 g/mol. The van der Waals surface area contributed by atoms with E-state index >= 15 is 0 Å². The molecule has 0 saturated heterocycles. The van der Waals surface area contributed by atoms with Crippen molar-refractivity contribution in [3.8, 4) is 0 Å². The summed E-state index contributed by atoms with van der Waals surface area (Å²) in [5.74, 6) is 0.970. The monoisotopic (exact) mass is 348 g/mol. The lowest BCUT2D eigenvalue weighted by molar-refractivity contribution is 0.0663. The molecule has 0 spiro atoms. The Balaban J connectivity index is 1.95. The van der Waals surface area contributed by atoms with E-state index < -0.39 is 11.2 Å². The Hall–Kier alpha value is -2.75. The van der Waals surface area contributed by atoms with Crippen LogP contribution in [0.15, 0.2) is 15.7 Å². The first-order valence-electron chi connectivity index (χ1n) is 7.83. The zero-order valence-electron chi connectivity index (χ0n) is 14.6. The van der Waals surface area contributed by atoms with Gasteiger partial charge in [-0.1, -0.05) is 0 Å². The highest BCUT2D eigenvalue weighted by molar-refractivity contribution is 5.92. The van der Waals surface area contributed by atoms with E-state index in [1.165, 1.54) is 24.7 Å². The lowest BCUT2D eigenvalue weighted by Crippen LogP contribution is -2.45. The van der Waals surface area contributed by atoms with Crippen molar-refractivity contribution in [2.75, 3.05) is 13.7 Å². The van der Waals surface area contributed by atoms with Gasteiger partial charge in [-0.05, 0) is 6.92 Å². The number of amides is 1. The lowest BCUT2D eigenvalue weighted by atomic mass is 10.2. The van der Waals surface area contributed by atoms with Crippen molar-refractivity contribution in [2.45, 2.75) is 26.1 Å². The van der Waals surface area contributed by atoms with Crippen LogP contribution in [-0.2, 0) is 32.0 Å². The van der Waals surface area contributed by atoms with E-state index in [-0.39, 0.29) is 24.2 Å². The molecule has 0 radical (unpaired) electrons. The Bertz CT molecular complexity index is 940. The van der Waals surface area contributed by atoms with Crippen LogP contribution >= 0.6 is 0 Å². The van der Waals surface area contributed by atoms with Crippen molar-refractivity contribution in [3.05, 3.63) is 44.2 Å². The fourth-order valence-corrected chi connectivity index (χ4v) is 3.10. The number of hydrogen-bond donors (Lipinski definition) is 0. The first kappa shape index (κ1) is 17.1. The molecule has 0 saturated carbocycles. The molecular formula is C15H20N6O4. The van der Waals surface area contributed by atoms with Gasteiger partial charge in [-0.3, -0.25) is 18.7 Å². The van der Waals surface area contributed by atoms with Gasteiger partial charge >= 0.3 is 5.69 Å². The van der Waals surface area contributed by atoms with Crippen LogP contribution in [0.5, 0.6) is 0 Å². The number of rotatable bonds is 3. The van der Waals surface area contributed by atoms with Gasteiger partial charge in [0.15, 0.2) is 11.6 Å². The van der Waals surface area contributed by atoms with Crippen LogP contribution < -0.4 is 11.2 Å². The molecule has 0 fully saturated rings. The summed E-state index contributed by atoms with van der Waals surface area (Å²) in [4.78, 5) is 38.4. The van der Waals surface area contributed by atoms with Gasteiger partial charge in [-0.25, -0.2) is 4.79 Å². The minimum Gasteiger partial charge on any atom is -0.377 e. The van der Waals surface area contributed by atoms with Gasteiger partial charge < -0.3 is 14.2 Å². The van der Waals surface area contributed by atoms with Crippen molar-refractivity contribution in [1.82, 2.24) is 28.8 Å². The van der Waals surface area contributed by atoms with Gasteiger partial charge in [0.05, 0.1) is 12.6 Å². The molecule has 0 bridgehead atoms. The van der Waals surface area contributed by atoms with Crippen LogP contribution in [0.25, 0.3) is 0 Å². The minimum atomic E-state index is -0.536. The van der Waals surface area contributed by atoms with Crippen LogP contribution in [0, 0.1) is 0 Å². The summed E-state index contributed by atoms with van der Waals surface area (Å²) in [6, 6.07) is 1.14. The zero-order chi connectivity index (χ0) is 18.3. The molecule has 0 unspecified atom stereocenters. The Morgan fingerprint density at radius 2 is 2.00 bits per heavy atom. The largest absolute Gasteiger partial charge is 0.377 e. The number of carbonyl (C=O) groups is 1. The van der Waals surface area contributed by atoms with E-state index in [0.29, 0.717) is 24.8 Å². The quantitative estimate of drug-likeness (QED) is 0.707. The molecule has 134 valence electrons. The van der Waals surface area contributed by atoms with Gasteiger partial charge in [0.2, 0.25) is 0 Å². The second-order valence-corrected chi connectivity index (χ2v) is 6.14. The van der Waals surface area contributed by atoms with E-state index in [4.69, 9.17) is 4.74 Å². The first-order valence-corrected chi connectivity index (χ1v) is 7.83. The van der Waals surface area contributed by atoms with Crippen LogP contribution in [0.4, 0.5) is 0 Å². The molecule has 3 rings (SSSR count). The summed E-state index contributed by atoms with van der Waals surface area (Å²) in [5.41, 5.74) is -0.987. The Labute approximate surface area is 143 Å². The highest BCUT2D eigenvalue weighted by atomic mass is 16.5. The van der Waals surface area contributed by atoms with E-state index in [1.54, 1.807) is 12.0 Å². The molecule has 0 aliphatic carbocycles. The standard InChI is InChI=1S/C15H20N6O4/c1-9-6-20(7-11-16-17-12(8-25-4)21(9)11)14(23)10-5-13(22)19(3)15(24)18(10)2/h5,9H,6-8H2,1-4H3/t9-/m0/s1. The molecule has 1 atom stereocenters. The molecule has 2 aromatic rings. The predicted octanol–water partition coefficient (Wildman–Crippen LogP) is -0.961. The van der Waals surface area contributed by atoms with Crippen molar-refractivity contribution in [1.29, 1.82) is 0 Å². The van der Waals surface area contributed by atoms with E-state index in [0.717, 1.165) is 4.57 Å². The fraction of sp³-hybridized carbons (Fsp3) is 0.533. The third kappa shape index (κ3) is 2.78. The second kappa shape index (κ2) is 6.28. The normalized spacial score (nSPS) is 16.8. The fourth-order valence-electron chi connectivity index (χ4n) is 3.10. The molecule has 3 heterocycles. The molecule has 10 heteroatoms. The Morgan fingerprint density at radius 1 is 1.28 bits per heavy atom. The maximum absolute atomic E-state index is 12.9. The van der Waals surface area contributed by atoms with Gasteiger partial charge in [0.25, 0.3) is 11.5 Å². The topological polar surface area (TPSA) is 104 Å². The second-order valence-electron chi connectivity index (χ2n) is 6.14. The van der Waals surface area contributed by atoms with Crippen LogP contribution in [0.2, 0.25) is 0 Å². The third-order valence-electron chi connectivity index (χ3n) is 4.40. The molecule has 1 aliphatic rings. The summed E-state index contributed by atoms with van der Waals surface area (Å²) in [6.07, 6.45) is 0. The highest BCUT2D eigenvalue weighted by Crippen LogP contribution is 2.22. The van der Waals surface area contributed by atoms with Crippen molar-refractivity contribution >= 4 is 5.91 Å². The molecule has 1 aliphatic heterocycles. The van der Waals surface area contributed by atoms with Gasteiger partial charge in [-0.15, -0.1) is 10.2 Å². The summed E-state index contributed by atoms with van der Waals surface area (Å²) in [7, 11) is 4.44. The molecule has 0 aromatic carbocycles. The van der Waals surface area contributed by atoms with Gasteiger partial charge in [0, 0.05) is 33.8 Å². The maximum atomic E-state index is 12.9. The lowest BCUT2D eigenvalue weighted by Gasteiger charge is -2.32. The van der Waals surface area contributed by atoms with Crippen molar-refractivity contribution in [2.24, 2.45) is 14.1 Å². The van der Waals surface area contributed by atoms with E-state index in [9.17, 15) is 14.4 Å². The average molecular weight is 348 g/mol. The van der Waals surface area contributed by atoms with E-state index in [1.807, 2.05) is 11.5 Å². The van der Waals surface area contributed by atoms with Gasteiger partial charge in [0.1, 0.15) is 12.3 Å². The minimum absolute atomic E-state index is 0.0450. The molecule has 10 nitrogen and oxygen atoms in total. The number of methoxy groups -OCH3 is 1. The van der Waals surface area contributed by atoms with Crippen molar-refractivity contribution < 1.29 is 9.53 Å². The van der Waals surface area contributed by atoms with Crippen LogP contribution in [0.3, 0.4) is 0 Å². The number of ether oxygens (including phenoxy) is 1. The molecule has 2 aromatic heterocycles. The maximum Gasteiger partial charge on any atom is 0.331 e. The first-order chi connectivity index (χ1) is 11.8. The Morgan fingerprint density at radius 3 is 2.68 bits per heavy atom. The number of aromatic nitrogens is 5. The van der Waals surface area contributed by atoms with Crippen molar-refractivity contribution in [3.63, 3.8) is 0 Å². The predicted molar refractivity (Wildman–Crippen MR) is 87.1 cm³/mol. The van der Waals surface area contributed by atoms with Gasteiger partial charge in [-0.2, -0.15) is 0 Å². The number of carbonyl (C=O) groups excluding carboxylic acids is 1. The van der Waals surface area contributed by atoms with E-state index in [2.05, 4.69) is 10.2 Å². The number of nitrogens with zero attached hydrogens (tertiary/aromatic N) is 6. The molecule has 25 heavy (non-hydrogen) atoms. The zero-order valence-corrected chi connectivity index (χ0v) is 14.6. The summed E-state index contributed by atoms with van der Waals surface area (Å²) < 4.78 is 9.22. The third-order valence-corrected chi connectivity index (χ3v) is 4.40.